The number of nitrogens with zero attached hydrogens (tertiary/aromatic N) is 2. The van der Waals surface area contributed by atoms with E-state index in [2.05, 4.69) is 10.1 Å². The molecule has 2 aromatic heterocycles. The van der Waals surface area contributed by atoms with Crippen LogP contribution in [0.4, 0.5) is 0 Å². The van der Waals surface area contributed by atoms with Crippen molar-refractivity contribution in [1.82, 2.24) is 10.1 Å². The van der Waals surface area contributed by atoms with Crippen LogP contribution in [0.2, 0.25) is 0 Å². The smallest absolute Gasteiger partial charge is 0.244 e. The summed E-state index contributed by atoms with van der Waals surface area (Å²) in [5.41, 5.74) is 7.20. The molecule has 3 rings (SSSR count). The molecule has 1 aromatic carbocycles. The highest BCUT2D eigenvalue weighted by Gasteiger charge is 2.17. The van der Waals surface area contributed by atoms with Crippen molar-refractivity contribution >= 4 is 0 Å². The summed E-state index contributed by atoms with van der Waals surface area (Å²) < 4.78 is 10.4. The number of rotatable bonds is 4. The second-order valence-electron chi connectivity index (χ2n) is 4.23. The van der Waals surface area contributed by atoms with Gasteiger partial charge in [-0.25, -0.2) is 0 Å². The van der Waals surface area contributed by atoms with Gasteiger partial charge in [0, 0.05) is 0 Å². The monoisotopic (exact) mass is 255 g/mol. The first-order valence-corrected chi connectivity index (χ1v) is 6.00. The molecule has 0 saturated heterocycles. The van der Waals surface area contributed by atoms with Crippen molar-refractivity contribution in [1.29, 1.82) is 0 Å². The summed E-state index contributed by atoms with van der Waals surface area (Å²) in [7, 11) is 0. The minimum absolute atomic E-state index is 0.321. The summed E-state index contributed by atoms with van der Waals surface area (Å²) in [5, 5.41) is 3.86. The molecular formula is C14H13N3O2. The van der Waals surface area contributed by atoms with Crippen LogP contribution in [0, 0.1) is 0 Å². The Morgan fingerprint density at radius 3 is 2.68 bits per heavy atom. The molecule has 1 unspecified atom stereocenters. The summed E-state index contributed by atoms with van der Waals surface area (Å²) in [5.74, 6) is 1.40. The molecule has 19 heavy (non-hydrogen) atoms. The van der Waals surface area contributed by atoms with E-state index < -0.39 is 0 Å². The van der Waals surface area contributed by atoms with Gasteiger partial charge in [0.1, 0.15) is 0 Å². The van der Waals surface area contributed by atoms with Crippen LogP contribution in [0.5, 0.6) is 0 Å². The van der Waals surface area contributed by atoms with Gasteiger partial charge in [0.15, 0.2) is 5.76 Å². The molecule has 0 radical (unpaired) electrons. The Balaban J connectivity index is 1.76. The molecule has 0 spiro atoms. The number of nitrogens with two attached hydrogens (primary N) is 1. The molecule has 0 aliphatic heterocycles. The Kier molecular flexibility index (Phi) is 3.12. The van der Waals surface area contributed by atoms with Crippen molar-refractivity contribution in [3.8, 4) is 11.6 Å². The van der Waals surface area contributed by atoms with E-state index >= 15 is 0 Å². The molecule has 0 aliphatic rings. The van der Waals surface area contributed by atoms with Gasteiger partial charge in [0.25, 0.3) is 0 Å². The standard InChI is InChI=1S/C14H13N3O2/c15-11(9-10-5-2-1-3-6-10)14-16-13(17-19-14)12-7-4-8-18-12/h1-8,11H,9,15H2. The lowest BCUT2D eigenvalue weighted by Gasteiger charge is -2.05. The fourth-order valence-corrected chi connectivity index (χ4v) is 1.85. The molecule has 3 aromatic rings. The first-order chi connectivity index (χ1) is 9.33. The van der Waals surface area contributed by atoms with E-state index in [1.54, 1.807) is 18.4 Å². The molecule has 0 bridgehead atoms. The van der Waals surface area contributed by atoms with Gasteiger partial charge < -0.3 is 14.7 Å². The van der Waals surface area contributed by atoms with Crippen LogP contribution >= 0.6 is 0 Å². The molecule has 96 valence electrons. The lowest BCUT2D eigenvalue weighted by Crippen LogP contribution is -2.13. The third-order valence-corrected chi connectivity index (χ3v) is 2.80. The van der Waals surface area contributed by atoms with Gasteiger partial charge in [0.05, 0.1) is 12.3 Å². The molecule has 2 N–H and O–H groups in total. The molecule has 0 aliphatic carbocycles. The maximum Gasteiger partial charge on any atom is 0.244 e. The second-order valence-corrected chi connectivity index (χ2v) is 4.23. The predicted molar refractivity (Wildman–Crippen MR) is 69.1 cm³/mol. The van der Waals surface area contributed by atoms with Crippen LogP contribution in [-0.2, 0) is 6.42 Å². The number of furan rings is 1. The summed E-state index contributed by atoms with van der Waals surface area (Å²) in [4.78, 5) is 4.25. The summed E-state index contributed by atoms with van der Waals surface area (Å²) in [6.45, 7) is 0. The van der Waals surface area contributed by atoms with E-state index in [1.165, 1.54) is 0 Å². The lowest BCUT2D eigenvalue weighted by atomic mass is 10.1. The van der Waals surface area contributed by atoms with Gasteiger partial charge in [-0.2, -0.15) is 4.98 Å². The Bertz CT molecular complexity index is 632. The van der Waals surface area contributed by atoms with Crippen LogP contribution in [0.3, 0.4) is 0 Å². The Morgan fingerprint density at radius 2 is 1.95 bits per heavy atom. The van der Waals surface area contributed by atoms with E-state index in [4.69, 9.17) is 14.7 Å². The molecule has 0 amide bonds. The molecule has 0 saturated carbocycles. The van der Waals surface area contributed by atoms with Crippen molar-refractivity contribution in [2.24, 2.45) is 5.73 Å². The number of hydrogen-bond donors (Lipinski definition) is 1. The zero-order valence-electron chi connectivity index (χ0n) is 10.2. The quantitative estimate of drug-likeness (QED) is 0.775. The van der Waals surface area contributed by atoms with Crippen molar-refractivity contribution in [3.05, 3.63) is 60.2 Å². The maximum atomic E-state index is 6.07. The van der Waals surface area contributed by atoms with E-state index in [-0.39, 0.29) is 6.04 Å². The minimum atomic E-state index is -0.321. The van der Waals surface area contributed by atoms with Gasteiger partial charge in [-0.05, 0) is 24.1 Å². The molecule has 1 atom stereocenters. The van der Waals surface area contributed by atoms with Gasteiger partial charge >= 0.3 is 0 Å². The normalized spacial score (nSPS) is 12.5. The van der Waals surface area contributed by atoms with Gasteiger partial charge in [-0.1, -0.05) is 35.5 Å². The van der Waals surface area contributed by atoms with Crippen molar-refractivity contribution < 1.29 is 8.94 Å². The van der Waals surface area contributed by atoms with Crippen LogP contribution < -0.4 is 5.73 Å². The van der Waals surface area contributed by atoms with Crippen molar-refractivity contribution in [2.75, 3.05) is 0 Å². The van der Waals surface area contributed by atoms with E-state index in [0.29, 0.717) is 23.9 Å². The predicted octanol–water partition coefficient (Wildman–Crippen LogP) is 2.57. The van der Waals surface area contributed by atoms with Crippen molar-refractivity contribution in [2.45, 2.75) is 12.5 Å². The molecule has 5 nitrogen and oxygen atoms in total. The Morgan fingerprint density at radius 1 is 1.11 bits per heavy atom. The van der Waals surface area contributed by atoms with Crippen LogP contribution in [-0.4, -0.2) is 10.1 Å². The van der Waals surface area contributed by atoms with Crippen molar-refractivity contribution in [3.63, 3.8) is 0 Å². The van der Waals surface area contributed by atoms with Gasteiger partial charge in [-0.15, -0.1) is 0 Å². The second kappa shape index (κ2) is 5.07. The fourth-order valence-electron chi connectivity index (χ4n) is 1.85. The number of aromatic nitrogens is 2. The van der Waals surface area contributed by atoms with Gasteiger partial charge in [0.2, 0.25) is 11.7 Å². The minimum Gasteiger partial charge on any atom is -0.461 e. The Hall–Kier alpha value is -2.40. The SMILES string of the molecule is NC(Cc1ccccc1)c1nc(-c2ccco2)no1. The van der Waals surface area contributed by atoms with Crippen LogP contribution in [0.1, 0.15) is 17.5 Å². The van der Waals surface area contributed by atoms with Gasteiger partial charge in [-0.3, -0.25) is 0 Å². The Labute approximate surface area is 110 Å². The zero-order valence-corrected chi connectivity index (χ0v) is 10.2. The lowest BCUT2D eigenvalue weighted by molar-refractivity contribution is 0.353. The zero-order chi connectivity index (χ0) is 13.1. The highest BCUT2D eigenvalue weighted by atomic mass is 16.5. The largest absolute Gasteiger partial charge is 0.461 e. The van der Waals surface area contributed by atoms with E-state index in [9.17, 15) is 0 Å². The third-order valence-electron chi connectivity index (χ3n) is 2.80. The molecule has 5 heteroatoms. The summed E-state index contributed by atoms with van der Waals surface area (Å²) in [6, 6.07) is 13.2. The highest BCUT2D eigenvalue weighted by molar-refractivity contribution is 5.44. The third kappa shape index (κ3) is 2.56. The van der Waals surface area contributed by atoms with E-state index in [1.807, 2.05) is 30.3 Å². The van der Waals surface area contributed by atoms with E-state index in [0.717, 1.165) is 5.56 Å². The maximum absolute atomic E-state index is 6.07. The van der Waals surface area contributed by atoms with Crippen LogP contribution in [0.25, 0.3) is 11.6 Å². The number of benzene rings is 1. The highest BCUT2D eigenvalue weighted by Crippen LogP contribution is 2.20. The topological polar surface area (TPSA) is 78.1 Å². The average Bonchev–Trinajstić information content (AvgIpc) is 3.11. The summed E-state index contributed by atoms with van der Waals surface area (Å²) in [6.07, 6.45) is 2.22. The average molecular weight is 255 g/mol. The number of hydrogen-bond acceptors (Lipinski definition) is 5. The fraction of sp³-hybridized carbons (Fsp3) is 0.143. The van der Waals surface area contributed by atoms with Crippen LogP contribution in [0.15, 0.2) is 57.7 Å². The first-order valence-electron chi connectivity index (χ1n) is 6.00. The summed E-state index contributed by atoms with van der Waals surface area (Å²) >= 11 is 0. The molecular weight excluding hydrogens is 242 g/mol. The molecule has 0 fully saturated rings. The first kappa shape index (κ1) is 11.7. The molecule has 2 heterocycles.